The zero-order chi connectivity index (χ0) is 14.9. The van der Waals surface area contributed by atoms with Gasteiger partial charge in [0.05, 0.1) is 6.04 Å². The molecule has 0 radical (unpaired) electrons. The van der Waals surface area contributed by atoms with Crippen LogP contribution in [0.25, 0.3) is 0 Å². The van der Waals surface area contributed by atoms with E-state index in [1.54, 1.807) is 0 Å². The van der Waals surface area contributed by atoms with Crippen LogP contribution in [0.3, 0.4) is 0 Å². The fourth-order valence-electron chi connectivity index (χ4n) is 2.84. The molecule has 1 unspecified atom stereocenters. The van der Waals surface area contributed by atoms with Crippen LogP contribution in [0.2, 0.25) is 0 Å². The molecule has 0 aliphatic rings. The SMILES string of the molecule is Cc1ccc(N(C)C(CN)c2cc(C)sc2C)c(C)c1. The molecule has 1 heterocycles. The third-order valence-corrected chi connectivity index (χ3v) is 4.84. The minimum Gasteiger partial charge on any atom is -0.366 e. The molecule has 1 aromatic heterocycles. The number of nitrogens with two attached hydrogens (primary N) is 1. The number of aryl methyl sites for hydroxylation is 4. The van der Waals surface area contributed by atoms with Crippen molar-refractivity contribution in [1.29, 1.82) is 0 Å². The van der Waals surface area contributed by atoms with Gasteiger partial charge in [-0.15, -0.1) is 11.3 Å². The van der Waals surface area contributed by atoms with Crippen LogP contribution in [0, 0.1) is 27.7 Å². The second-order valence-electron chi connectivity index (χ2n) is 5.52. The third-order valence-electron chi connectivity index (χ3n) is 3.86. The third kappa shape index (κ3) is 2.89. The first-order valence-electron chi connectivity index (χ1n) is 7.01. The number of benzene rings is 1. The summed E-state index contributed by atoms with van der Waals surface area (Å²) in [5.74, 6) is 0. The molecule has 108 valence electrons. The summed E-state index contributed by atoms with van der Waals surface area (Å²) in [5, 5.41) is 0. The van der Waals surface area contributed by atoms with Crippen molar-refractivity contribution in [3.05, 3.63) is 50.7 Å². The van der Waals surface area contributed by atoms with Gasteiger partial charge >= 0.3 is 0 Å². The molecular formula is C17H24N2S. The van der Waals surface area contributed by atoms with Crippen LogP contribution in [-0.2, 0) is 0 Å². The van der Waals surface area contributed by atoms with Gasteiger partial charge in [0.15, 0.2) is 0 Å². The second kappa shape index (κ2) is 5.98. The minimum atomic E-state index is 0.237. The predicted molar refractivity (Wildman–Crippen MR) is 89.9 cm³/mol. The highest BCUT2D eigenvalue weighted by atomic mass is 32.1. The minimum absolute atomic E-state index is 0.237. The Hall–Kier alpha value is -1.32. The molecule has 20 heavy (non-hydrogen) atoms. The van der Waals surface area contributed by atoms with Gasteiger partial charge in [0.25, 0.3) is 0 Å². The molecule has 0 aliphatic heterocycles. The lowest BCUT2D eigenvalue weighted by Gasteiger charge is -2.31. The zero-order valence-electron chi connectivity index (χ0n) is 13.0. The molecule has 0 bridgehead atoms. The number of anilines is 1. The van der Waals surface area contributed by atoms with Crippen LogP contribution in [0.1, 0.15) is 32.5 Å². The maximum absolute atomic E-state index is 6.06. The van der Waals surface area contributed by atoms with Gasteiger partial charge in [0, 0.05) is 29.0 Å². The van der Waals surface area contributed by atoms with E-state index in [2.05, 4.69) is 63.9 Å². The monoisotopic (exact) mass is 288 g/mol. The van der Waals surface area contributed by atoms with E-state index in [9.17, 15) is 0 Å². The standard InChI is InChI=1S/C17H24N2S/c1-11-6-7-16(12(2)8-11)19(5)17(10-18)15-9-13(3)20-14(15)4/h6-9,17H,10,18H2,1-5H3. The summed E-state index contributed by atoms with van der Waals surface area (Å²) in [4.78, 5) is 5.03. The number of thiophene rings is 1. The van der Waals surface area contributed by atoms with Gasteiger partial charge in [-0.3, -0.25) is 0 Å². The quantitative estimate of drug-likeness (QED) is 0.917. The molecule has 1 atom stereocenters. The van der Waals surface area contributed by atoms with E-state index in [0.29, 0.717) is 6.54 Å². The lowest BCUT2D eigenvalue weighted by molar-refractivity contribution is 0.678. The Balaban J connectivity index is 2.38. The highest BCUT2D eigenvalue weighted by molar-refractivity contribution is 7.12. The maximum Gasteiger partial charge on any atom is 0.0672 e. The molecule has 2 N–H and O–H groups in total. The van der Waals surface area contributed by atoms with E-state index < -0.39 is 0 Å². The molecule has 1 aromatic carbocycles. The maximum atomic E-state index is 6.06. The first-order valence-corrected chi connectivity index (χ1v) is 7.82. The average Bonchev–Trinajstić information content (AvgIpc) is 2.69. The number of likely N-dealkylation sites (N-methyl/N-ethyl adjacent to an activating group) is 1. The highest BCUT2D eigenvalue weighted by Gasteiger charge is 2.20. The molecule has 2 aromatic rings. The summed E-state index contributed by atoms with van der Waals surface area (Å²) in [6.45, 7) is 9.26. The summed E-state index contributed by atoms with van der Waals surface area (Å²) >= 11 is 1.85. The van der Waals surface area contributed by atoms with Crippen LogP contribution in [-0.4, -0.2) is 13.6 Å². The molecule has 0 aliphatic carbocycles. The van der Waals surface area contributed by atoms with Crippen molar-refractivity contribution in [2.75, 3.05) is 18.5 Å². The van der Waals surface area contributed by atoms with Gasteiger partial charge in [-0.1, -0.05) is 17.7 Å². The molecule has 2 nitrogen and oxygen atoms in total. The largest absolute Gasteiger partial charge is 0.366 e. The van der Waals surface area contributed by atoms with E-state index in [4.69, 9.17) is 5.73 Å². The van der Waals surface area contributed by atoms with Crippen molar-refractivity contribution in [3.63, 3.8) is 0 Å². The number of rotatable bonds is 4. The molecule has 0 saturated heterocycles. The second-order valence-corrected chi connectivity index (χ2v) is 6.98. The van der Waals surface area contributed by atoms with E-state index in [-0.39, 0.29) is 6.04 Å². The Morgan fingerprint density at radius 3 is 2.35 bits per heavy atom. The topological polar surface area (TPSA) is 29.3 Å². The summed E-state index contributed by atoms with van der Waals surface area (Å²) in [6.07, 6.45) is 0. The van der Waals surface area contributed by atoms with E-state index in [1.807, 2.05) is 11.3 Å². The lowest BCUT2D eigenvalue weighted by atomic mass is 10.0. The van der Waals surface area contributed by atoms with Crippen LogP contribution >= 0.6 is 11.3 Å². The fraction of sp³-hybridized carbons (Fsp3) is 0.412. The summed E-state index contributed by atoms with van der Waals surface area (Å²) in [5.41, 5.74) is 11.3. The van der Waals surface area contributed by atoms with E-state index in [0.717, 1.165) is 0 Å². The number of hydrogen-bond donors (Lipinski definition) is 1. The molecule has 0 spiro atoms. The van der Waals surface area contributed by atoms with Crippen molar-refractivity contribution in [2.45, 2.75) is 33.7 Å². The molecule has 0 amide bonds. The van der Waals surface area contributed by atoms with Gasteiger partial charge in [-0.05, 0) is 51.0 Å². The van der Waals surface area contributed by atoms with Gasteiger partial charge in [0.2, 0.25) is 0 Å². The Labute approximate surface area is 126 Å². The summed E-state index contributed by atoms with van der Waals surface area (Å²) in [7, 11) is 2.14. The van der Waals surface area contributed by atoms with Gasteiger partial charge in [0.1, 0.15) is 0 Å². The first kappa shape index (κ1) is 15.1. The smallest absolute Gasteiger partial charge is 0.0672 e. The van der Waals surface area contributed by atoms with Gasteiger partial charge in [-0.25, -0.2) is 0 Å². The molecule has 0 saturated carbocycles. The summed E-state index contributed by atoms with van der Waals surface area (Å²) in [6, 6.07) is 9.10. The number of hydrogen-bond acceptors (Lipinski definition) is 3. The molecular weight excluding hydrogens is 264 g/mol. The summed E-state index contributed by atoms with van der Waals surface area (Å²) < 4.78 is 0. The van der Waals surface area contributed by atoms with Crippen LogP contribution in [0.5, 0.6) is 0 Å². The van der Waals surface area contributed by atoms with Crippen molar-refractivity contribution in [3.8, 4) is 0 Å². The highest BCUT2D eigenvalue weighted by Crippen LogP contribution is 2.33. The lowest BCUT2D eigenvalue weighted by Crippen LogP contribution is -2.31. The normalized spacial score (nSPS) is 12.5. The Kier molecular flexibility index (Phi) is 4.51. The zero-order valence-corrected chi connectivity index (χ0v) is 13.8. The average molecular weight is 288 g/mol. The van der Waals surface area contributed by atoms with E-state index in [1.165, 1.54) is 32.1 Å². The Morgan fingerprint density at radius 1 is 1.15 bits per heavy atom. The van der Waals surface area contributed by atoms with Crippen molar-refractivity contribution >= 4 is 17.0 Å². The van der Waals surface area contributed by atoms with Crippen LogP contribution in [0.4, 0.5) is 5.69 Å². The van der Waals surface area contributed by atoms with Crippen molar-refractivity contribution in [2.24, 2.45) is 5.73 Å². The van der Waals surface area contributed by atoms with Crippen LogP contribution in [0.15, 0.2) is 24.3 Å². The van der Waals surface area contributed by atoms with Gasteiger partial charge < -0.3 is 10.6 Å². The number of nitrogens with zero attached hydrogens (tertiary/aromatic N) is 1. The molecule has 0 fully saturated rings. The Morgan fingerprint density at radius 2 is 1.85 bits per heavy atom. The molecule has 3 heteroatoms. The Bertz CT molecular complexity index is 601. The van der Waals surface area contributed by atoms with Gasteiger partial charge in [-0.2, -0.15) is 0 Å². The molecule has 2 rings (SSSR count). The van der Waals surface area contributed by atoms with Crippen molar-refractivity contribution in [1.82, 2.24) is 0 Å². The first-order chi connectivity index (χ1) is 9.43. The van der Waals surface area contributed by atoms with E-state index >= 15 is 0 Å². The predicted octanol–water partition coefficient (Wildman–Crippen LogP) is 4.12. The van der Waals surface area contributed by atoms with Crippen LogP contribution < -0.4 is 10.6 Å². The fourth-order valence-corrected chi connectivity index (χ4v) is 3.83. The van der Waals surface area contributed by atoms with Crippen molar-refractivity contribution < 1.29 is 0 Å².